The molecule has 0 amide bonds. The summed E-state index contributed by atoms with van der Waals surface area (Å²) in [5.41, 5.74) is 2.48. The Labute approximate surface area is 199 Å². The average Bonchev–Trinajstić information content (AvgIpc) is 3.25. The molecule has 3 aromatic rings. The Balaban J connectivity index is 0.000000509. The van der Waals surface area contributed by atoms with E-state index in [0.717, 1.165) is 18.2 Å². The second kappa shape index (κ2) is 10.4. The number of imidazole rings is 1. The highest BCUT2D eigenvalue weighted by atomic mass is 19.4. The highest BCUT2D eigenvalue weighted by Gasteiger charge is 2.34. The third-order valence-electron chi connectivity index (χ3n) is 6.20. The minimum atomic E-state index is -4.64. The van der Waals surface area contributed by atoms with E-state index in [4.69, 9.17) is 4.79 Å². The quantitative estimate of drug-likeness (QED) is 0.299. The fraction of sp³-hybridized carbons (Fsp3) is 0.440. The Bertz CT molecular complexity index is 1120. The molecule has 0 radical (unpaired) electrons. The van der Waals surface area contributed by atoms with E-state index < -0.39 is 24.2 Å². The lowest BCUT2D eigenvalue weighted by Crippen LogP contribution is -2.35. The third-order valence-corrected chi connectivity index (χ3v) is 6.20. The second-order valence-electron chi connectivity index (χ2n) is 9.49. The minimum Gasteiger partial charge on any atom is -0.345 e. The molecule has 0 spiro atoms. The first-order chi connectivity index (χ1) is 16.3. The van der Waals surface area contributed by atoms with Crippen LogP contribution in [0.3, 0.4) is 0 Å². The summed E-state index contributed by atoms with van der Waals surface area (Å²) >= 11 is 0. The summed E-state index contributed by atoms with van der Waals surface area (Å²) in [6.45, 7) is 5.37. The normalized spacial score (nSPS) is 16.6. The number of benzene rings is 2. The summed E-state index contributed by atoms with van der Waals surface area (Å²) in [7, 11) is 0. The molecular weight excluding hydrogens is 472 g/mol. The van der Waals surface area contributed by atoms with Gasteiger partial charge in [-0.05, 0) is 59.9 Å². The molecule has 2 N–H and O–H groups in total. The molecule has 0 aliphatic heterocycles. The molecule has 4 nitrogen and oxygen atoms in total. The lowest BCUT2D eigenvalue weighted by molar-refractivity contribution is -0.156. The van der Waals surface area contributed by atoms with Gasteiger partial charge in [-0.2, -0.15) is 26.3 Å². The number of rotatable bonds is 4. The number of nitrogens with zero attached hydrogens (tertiary/aromatic N) is 1. The van der Waals surface area contributed by atoms with Crippen LogP contribution in [0, 0.1) is 5.41 Å². The van der Waals surface area contributed by atoms with Gasteiger partial charge in [0.25, 0.3) is 0 Å². The van der Waals surface area contributed by atoms with E-state index in [0.29, 0.717) is 28.1 Å². The Morgan fingerprint density at radius 3 is 2.20 bits per heavy atom. The van der Waals surface area contributed by atoms with E-state index in [1.807, 2.05) is 12.1 Å². The van der Waals surface area contributed by atoms with E-state index in [9.17, 15) is 26.3 Å². The van der Waals surface area contributed by atoms with Crippen LogP contribution in [0.25, 0.3) is 22.2 Å². The molecule has 1 aliphatic rings. The van der Waals surface area contributed by atoms with Crippen LogP contribution in [0.2, 0.25) is 0 Å². The molecular formula is C25H27F6N3O. The smallest absolute Gasteiger partial charge is 0.345 e. The molecule has 1 aromatic heterocycles. The fourth-order valence-corrected chi connectivity index (χ4v) is 4.12. The van der Waals surface area contributed by atoms with Gasteiger partial charge in [0.1, 0.15) is 0 Å². The van der Waals surface area contributed by atoms with Crippen LogP contribution in [0.5, 0.6) is 0 Å². The number of halogens is 6. The van der Waals surface area contributed by atoms with Gasteiger partial charge in [0.05, 0.1) is 22.9 Å². The molecule has 2 aromatic carbocycles. The predicted octanol–water partition coefficient (Wildman–Crippen LogP) is 7.05. The molecule has 1 aliphatic carbocycles. The second-order valence-corrected chi connectivity index (χ2v) is 9.49. The van der Waals surface area contributed by atoms with Crippen molar-refractivity contribution in [2.24, 2.45) is 5.41 Å². The van der Waals surface area contributed by atoms with Crippen LogP contribution in [0.15, 0.2) is 42.7 Å². The summed E-state index contributed by atoms with van der Waals surface area (Å²) in [5.74, 6) is 0. The summed E-state index contributed by atoms with van der Waals surface area (Å²) in [4.78, 5) is 15.6. The van der Waals surface area contributed by atoms with Crippen LogP contribution < -0.4 is 5.32 Å². The molecule has 35 heavy (non-hydrogen) atoms. The van der Waals surface area contributed by atoms with Crippen molar-refractivity contribution in [2.45, 2.75) is 64.5 Å². The van der Waals surface area contributed by atoms with Gasteiger partial charge in [0.15, 0.2) is 0 Å². The monoisotopic (exact) mass is 499 g/mol. The molecule has 4 rings (SSSR count). The van der Waals surface area contributed by atoms with Gasteiger partial charge in [-0.25, -0.2) is 4.98 Å². The zero-order chi connectivity index (χ0) is 25.9. The Morgan fingerprint density at radius 1 is 1.06 bits per heavy atom. The van der Waals surface area contributed by atoms with Gasteiger partial charge in [-0.15, -0.1) is 0 Å². The number of aromatic nitrogens is 2. The summed E-state index contributed by atoms with van der Waals surface area (Å²) in [5, 5.41) is 3.60. The highest BCUT2D eigenvalue weighted by molar-refractivity contribution is 5.84. The first kappa shape index (κ1) is 26.7. The number of nitrogens with one attached hydrogen (secondary N) is 2. The number of hydrogen-bond acceptors (Lipinski definition) is 3. The maximum Gasteiger partial charge on any atom is 0.446 e. The van der Waals surface area contributed by atoms with Crippen molar-refractivity contribution in [3.63, 3.8) is 0 Å². The Kier molecular flexibility index (Phi) is 7.93. The van der Waals surface area contributed by atoms with Crippen molar-refractivity contribution < 1.29 is 31.1 Å². The fourth-order valence-electron chi connectivity index (χ4n) is 4.12. The van der Waals surface area contributed by atoms with Crippen LogP contribution in [0.1, 0.15) is 50.7 Å². The molecule has 10 heteroatoms. The number of carbonyl (C=O) groups excluding carboxylic acids is 1. The number of alkyl halides is 6. The zero-order valence-corrected chi connectivity index (χ0v) is 19.4. The molecule has 0 unspecified atom stereocenters. The van der Waals surface area contributed by atoms with Gasteiger partial charge in [0, 0.05) is 12.6 Å². The van der Waals surface area contributed by atoms with Gasteiger partial charge < -0.3 is 10.3 Å². The summed E-state index contributed by atoms with van der Waals surface area (Å²) in [6.07, 6.45) is -3.93. The van der Waals surface area contributed by atoms with Crippen molar-refractivity contribution in [3.8, 4) is 11.1 Å². The SMILES string of the molecule is CC1(C)CCC(NCc2ccc(-c3cc4nc[nH]c4cc3C(F)(F)F)cc2)CC1.O=CC(F)(F)F. The first-order valence-corrected chi connectivity index (χ1v) is 11.2. The number of carbonyl (C=O) groups is 1. The molecule has 1 saturated carbocycles. The van der Waals surface area contributed by atoms with E-state index in [1.54, 1.807) is 12.1 Å². The molecule has 0 atom stereocenters. The highest BCUT2D eigenvalue weighted by Crippen LogP contribution is 2.39. The van der Waals surface area contributed by atoms with Gasteiger partial charge in [-0.1, -0.05) is 38.1 Å². The van der Waals surface area contributed by atoms with Crippen molar-refractivity contribution in [1.29, 1.82) is 0 Å². The van der Waals surface area contributed by atoms with Crippen molar-refractivity contribution >= 4 is 17.3 Å². The lowest BCUT2D eigenvalue weighted by Gasteiger charge is -2.34. The van der Waals surface area contributed by atoms with Crippen LogP contribution in [-0.4, -0.2) is 28.5 Å². The molecule has 0 bridgehead atoms. The topological polar surface area (TPSA) is 57.8 Å². The Hall–Kier alpha value is -2.88. The largest absolute Gasteiger partial charge is 0.446 e. The molecule has 190 valence electrons. The third kappa shape index (κ3) is 7.55. The number of H-pyrrole nitrogens is 1. The number of fused-ring (bicyclic) bond motifs is 1. The van der Waals surface area contributed by atoms with Crippen molar-refractivity contribution in [3.05, 3.63) is 53.9 Å². The number of aromatic amines is 1. The van der Waals surface area contributed by atoms with E-state index in [2.05, 4.69) is 29.1 Å². The maximum absolute atomic E-state index is 13.6. The zero-order valence-electron chi connectivity index (χ0n) is 19.4. The van der Waals surface area contributed by atoms with Gasteiger partial charge in [-0.3, -0.25) is 4.79 Å². The summed E-state index contributed by atoms with van der Waals surface area (Å²) < 4.78 is 72.0. The Morgan fingerprint density at radius 2 is 1.66 bits per heavy atom. The standard InChI is InChI=1S/C23H26F3N3.C2HF3O/c1-22(2)9-7-17(8-10-22)27-13-15-3-5-16(6-4-15)18-11-20-21(29-14-28-20)12-19(18)23(24,25)26;3-2(4,5)1-6/h3-6,11-12,14,17,27H,7-10,13H2,1-2H3,(H,28,29);1H. The van der Waals surface area contributed by atoms with Gasteiger partial charge >= 0.3 is 12.4 Å². The van der Waals surface area contributed by atoms with Crippen LogP contribution in [-0.2, 0) is 17.5 Å². The van der Waals surface area contributed by atoms with Crippen LogP contribution >= 0.6 is 0 Å². The molecule has 0 saturated heterocycles. The van der Waals surface area contributed by atoms with Crippen molar-refractivity contribution in [1.82, 2.24) is 15.3 Å². The van der Waals surface area contributed by atoms with E-state index >= 15 is 0 Å². The number of aldehydes is 1. The van der Waals surface area contributed by atoms with Crippen LogP contribution in [0.4, 0.5) is 26.3 Å². The lowest BCUT2D eigenvalue weighted by atomic mass is 9.75. The predicted molar refractivity (Wildman–Crippen MR) is 122 cm³/mol. The molecule has 1 heterocycles. The van der Waals surface area contributed by atoms with Crippen molar-refractivity contribution in [2.75, 3.05) is 0 Å². The maximum atomic E-state index is 13.6. The minimum absolute atomic E-state index is 0.158. The number of hydrogen-bond donors (Lipinski definition) is 2. The average molecular weight is 499 g/mol. The van der Waals surface area contributed by atoms with Gasteiger partial charge in [0.2, 0.25) is 6.29 Å². The summed E-state index contributed by atoms with van der Waals surface area (Å²) in [6, 6.07) is 10.5. The first-order valence-electron chi connectivity index (χ1n) is 11.2. The van der Waals surface area contributed by atoms with E-state index in [-0.39, 0.29) is 5.56 Å². The van der Waals surface area contributed by atoms with E-state index in [1.165, 1.54) is 38.1 Å². The molecule has 1 fully saturated rings.